The second-order valence-electron chi connectivity index (χ2n) is 9.98. The van der Waals surface area contributed by atoms with Crippen LogP contribution in [0.15, 0.2) is 109 Å². The molecule has 0 unspecified atom stereocenters. The van der Waals surface area contributed by atoms with Gasteiger partial charge in [-0.15, -0.1) is 0 Å². The van der Waals surface area contributed by atoms with E-state index in [0.29, 0.717) is 31.5 Å². The minimum absolute atomic E-state index is 0.0975. The highest BCUT2D eigenvalue weighted by molar-refractivity contribution is 5.96. The number of carbonyl (C=O) groups excluding carboxylic acids is 1. The van der Waals surface area contributed by atoms with Gasteiger partial charge in [0.05, 0.1) is 19.3 Å². The lowest BCUT2D eigenvalue weighted by atomic mass is 9.77. The Balaban J connectivity index is 1.50. The van der Waals surface area contributed by atoms with E-state index < -0.39 is 23.6 Å². The molecule has 0 saturated heterocycles. The summed E-state index contributed by atoms with van der Waals surface area (Å²) in [5.74, 6) is 0.344. The van der Waals surface area contributed by atoms with Crippen molar-refractivity contribution in [3.63, 3.8) is 0 Å². The maximum atomic E-state index is 12.9. The maximum absolute atomic E-state index is 12.9. The number of amides is 2. The van der Waals surface area contributed by atoms with Crippen molar-refractivity contribution in [1.82, 2.24) is 10.6 Å². The van der Waals surface area contributed by atoms with Gasteiger partial charge >= 0.3 is 6.09 Å². The highest BCUT2D eigenvalue weighted by atomic mass is 16.5. The van der Waals surface area contributed by atoms with Gasteiger partial charge in [0.15, 0.2) is 0 Å². The molecule has 0 saturated carbocycles. The van der Waals surface area contributed by atoms with Crippen molar-refractivity contribution in [2.75, 3.05) is 19.0 Å². The third kappa shape index (κ3) is 7.54. The predicted molar refractivity (Wildman–Crippen MR) is 164 cm³/mol. The number of hydrogen-bond donors (Lipinski definition) is 5. The van der Waals surface area contributed by atoms with E-state index in [1.807, 2.05) is 48.5 Å². The van der Waals surface area contributed by atoms with E-state index in [1.54, 1.807) is 31.4 Å². The molecule has 4 rings (SSSR count). The topological polar surface area (TPSA) is 120 Å². The lowest BCUT2D eigenvalue weighted by molar-refractivity contribution is -0.118. The van der Waals surface area contributed by atoms with Gasteiger partial charge in [-0.3, -0.25) is 10.1 Å². The Bertz CT molecular complexity index is 1370. The number of unbranched alkanes of at least 4 members (excludes halogenated alkanes) is 1. The average molecular weight is 568 g/mol. The number of carbonyl (C=O) groups is 2. The number of methoxy groups -OCH3 is 1. The first kappa shape index (κ1) is 30.3. The Morgan fingerprint density at radius 3 is 1.88 bits per heavy atom. The molecule has 0 radical (unpaired) electrons. The smallest absolute Gasteiger partial charge is 0.405 e. The molecule has 8 nitrogen and oxygen atoms in total. The van der Waals surface area contributed by atoms with Crippen molar-refractivity contribution in [2.24, 2.45) is 0 Å². The zero-order valence-corrected chi connectivity index (χ0v) is 23.6. The average Bonchev–Trinajstić information content (AvgIpc) is 3.03. The summed E-state index contributed by atoms with van der Waals surface area (Å²) in [5.41, 5.74) is 3.82. The summed E-state index contributed by atoms with van der Waals surface area (Å²) in [6.45, 7) is 0.513. The maximum Gasteiger partial charge on any atom is 0.405 e. The largest absolute Gasteiger partial charge is 0.497 e. The molecular formula is C34H37N3O5. The van der Waals surface area contributed by atoms with Crippen LogP contribution in [0, 0.1) is 0 Å². The van der Waals surface area contributed by atoms with Gasteiger partial charge in [0.2, 0.25) is 5.91 Å². The Labute approximate surface area is 246 Å². The quantitative estimate of drug-likeness (QED) is 0.101. The van der Waals surface area contributed by atoms with Crippen LogP contribution < -0.4 is 20.7 Å². The summed E-state index contributed by atoms with van der Waals surface area (Å²) in [6, 6.07) is 34.4. The SMILES string of the molecule is COc1ccc(C(NCCCC[C@H](NC(=O)O)C(=O)Nc2ccc(CO)cc2)(c2ccccc2)c2ccccc2)cc1. The molecule has 0 aliphatic rings. The number of anilines is 1. The highest BCUT2D eigenvalue weighted by Gasteiger charge is 2.35. The molecule has 2 amide bonds. The van der Waals surface area contributed by atoms with Crippen LogP contribution in [-0.2, 0) is 16.9 Å². The minimum atomic E-state index is -1.25. The Hall–Kier alpha value is -4.66. The lowest BCUT2D eigenvalue weighted by Gasteiger charge is -2.37. The number of ether oxygens (including phenoxy) is 1. The molecule has 0 spiro atoms. The summed E-state index contributed by atoms with van der Waals surface area (Å²) in [6.07, 6.45) is 0.390. The molecule has 1 atom stereocenters. The van der Waals surface area contributed by atoms with Gasteiger partial charge in [0.25, 0.3) is 0 Å². The summed E-state index contributed by atoms with van der Waals surface area (Å²) < 4.78 is 5.41. The molecule has 0 aliphatic carbocycles. The van der Waals surface area contributed by atoms with Crippen LogP contribution in [0.4, 0.5) is 10.5 Å². The van der Waals surface area contributed by atoms with Crippen LogP contribution in [-0.4, -0.2) is 41.9 Å². The predicted octanol–water partition coefficient (Wildman–Crippen LogP) is 5.51. The van der Waals surface area contributed by atoms with Gasteiger partial charge in [-0.05, 0) is 72.3 Å². The highest BCUT2D eigenvalue weighted by Crippen LogP contribution is 2.37. The Kier molecular flexibility index (Phi) is 10.7. The fourth-order valence-corrected chi connectivity index (χ4v) is 5.11. The van der Waals surface area contributed by atoms with Crippen molar-refractivity contribution in [3.05, 3.63) is 131 Å². The molecule has 8 heteroatoms. The molecule has 0 aliphatic heterocycles. The normalized spacial score (nSPS) is 11.9. The van der Waals surface area contributed by atoms with Crippen molar-refractivity contribution in [1.29, 1.82) is 0 Å². The van der Waals surface area contributed by atoms with E-state index in [9.17, 15) is 19.8 Å². The van der Waals surface area contributed by atoms with Gasteiger partial charge in [-0.2, -0.15) is 0 Å². The first-order valence-electron chi connectivity index (χ1n) is 14.0. The number of aliphatic hydroxyl groups is 1. The lowest BCUT2D eigenvalue weighted by Crippen LogP contribution is -2.45. The fourth-order valence-electron chi connectivity index (χ4n) is 5.11. The summed E-state index contributed by atoms with van der Waals surface area (Å²) in [7, 11) is 1.65. The van der Waals surface area contributed by atoms with Gasteiger partial charge in [-0.1, -0.05) is 84.9 Å². The standard InChI is InChI=1S/C34H37N3O5/c1-42-30-21-17-28(18-22-30)34(26-10-4-2-5-11-26,27-12-6-3-7-13-27)35-23-9-8-14-31(37-33(40)41)32(39)36-29-19-15-25(24-38)16-20-29/h2-7,10-13,15-22,31,35,37-38H,8-9,14,23-24H2,1H3,(H,36,39)(H,40,41)/t31-/m0/s1. The van der Waals surface area contributed by atoms with Crippen LogP contribution in [0.25, 0.3) is 0 Å². The van der Waals surface area contributed by atoms with Crippen LogP contribution in [0.1, 0.15) is 41.5 Å². The number of benzene rings is 4. The summed E-state index contributed by atoms with van der Waals surface area (Å²) >= 11 is 0. The fraction of sp³-hybridized carbons (Fsp3) is 0.235. The molecule has 5 N–H and O–H groups in total. The van der Waals surface area contributed by atoms with Gasteiger partial charge in [0, 0.05) is 5.69 Å². The molecule has 218 valence electrons. The van der Waals surface area contributed by atoms with Crippen LogP contribution in [0.3, 0.4) is 0 Å². The molecule has 0 aromatic heterocycles. The second-order valence-corrected chi connectivity index (χ2v) is 9.98. The number of carboxylic acid groups (broad SMARTS) is 1. The third-order valence-corrected chi connectivity index (χ3v) is 7.26. The van der Waals surface area contributed by atoms with E-state index >= 15 is 0 Å². The Morgan fingerprint density at radius 2 is 1.36 bits per heavy atom. The van der Waals surface area contributed by atoms with Crippen LogP contribution in [0.5, 0.6) is 5.75 Å². The first-order valence-corrected chi connectivity index (χ1v) is 14.0. The van der Waals surface area contributed by atoms with Crippen LogP contribution in [0.2, 0.25) is 0 Å². The van der Waals surface area contributed by atoms with Crippen molar-refractivity contribution >= 4 is 17.7 Å². The van der Waals surface area contributed by atoms with Crippen molar-refractivity contribution in [3.8, 4) is 5.75 Å². The number of aliphatic hydroxyl groups excluding tert-OH is 1. The Morgan fingerprint density at radius 1 is 0.786 bits per heavy atom. The van der Waals surface area contributed by atoms with Gasteiger partial charge < -0.3 is 25.6 Å². The first-order chi connectivity index (χ1) is 20.5. The number of hydrogen-bond acceptors (Lipinski definition) is 5. The van der Waals surface area contributed by atoms with E-state index in [4.69, 9.17) is 4.74 Å². The molecule has 42 heavy (non-hydrogen) atoms. The van der Waals surface area contributed by atoms with Gasteiger partial charge in [0.1, 0.15) is 11.8 Å². The molecule has 0 fully saturated rings. The minimum Gasteiger partial charge on any atom is -0.497 e. The van der Waals surface area contributed by atoms with E-state index in [0.717, 1.165) is 28.0 Å². The second kappa shape index (κ2) is 14.8. The van der Waals surface area contributed by atoms with E-state index in [-0.39, 0.29) is 6.61 Å². The number of nitrogens with one attached hydrogen (secondary N) is 3. The van der Waals surface area contributed by atoms with Crippen LogP contribution >= 0.6 is 0 Å². The molecule has 4 aromatic carbocycles. The van der Waals surface area contributed by atoms with E-state index in [1.165, 1.54) is 0 Å². The molecule has 4 aromatic rings. The zero-order valence-electron chi connectivity index (χ0n) is 23.6. The van der Waals surface area contributed by atoms with Crippen molar-refractivity contribution in [2.45, 2.75) is 37.5 Å². The summed E-state index contributed by atoms with van der Waals surface area (Å²) in [4.78, 5) is 24.4. The molecule has 0 bridgehead atoms. The number of rotatable bonds is 14. The molecular weight excluding hydrogens is 530 g/mol. The van der Waals surface area contributed by atoms with E-state index in [2.05, 4.69) is 52.3 Å². The summed E-state index contributed by atoms with van der Waals surface area (Å²) in [5, 5.41) is 27.5. The third-order valence-electron chi connectivity index (χ3n) is 7.26. The molecule has 0 heterocycles. The zero-order chi connectivity index (χ0) is 29.8. The van der Waals surface area contributed by atoms with Gasteiger partial charge in [-0.25, -0.2) is 4.79 Å². The monoisotopic (exact) mass is 567 g/mol. The van der Waals surface area contributed by atoms with Crippen molar-refractivity contribution < 1.29 is 24.5 Å².